The number of hydrogen-bond acceptors (Lipinski definition) is 5. The first kappa shape index (κ1) is 22.4. The second-order valence-corrected chi connectivity index (χ2v) is 8.91. The number of benzene rings is 1. The summed E-state index contributed by atoms with van der Waals surface area (Å²) in [5, 5.41) is 3.39. The van der Waals surface area contributed by atoms with E-state index >= 15 is 0 Å². The first-order valence-electron chi connectivity index (χ1n) is 9.97. The van der Waals surface area contributed by atoms with Crippen molar-refractivity contribution >= 4 is 12.1 Å². The van der Waals surface area contributed by atoms with E-state index in [-0.39, 0.29) is 12.6 Å². The first-order chi connectivity index (χ1) is 13.9. The second-order valence-electron chi connectivity index (χ2n) is 8.91. The Bertz CT molecular complexity index is 779. The molecule has 3 unspecified atom stereocenters. The lowest BCUT2D eigenvalue weighted by Crippen LogP contribution is -2.72. The van der Waals surface area contributed by atoms with Crippen molar-refractivity contribution in [1.82, 2.24) is 10.2 Å². The predicted octanol–water partition coefficient (Wildman–Crippen LogP) is 4.00. The molecule has 1 heterocycles. The van der Waals surface area contributed by atoms with E-state index < -0.39 is 35.5 Å². The van der Waals surface area contributed by atoms with Gasteiger partial charge in [0.2, 0.25) is 0 Å². The molecule has 1 saturated heterocycles. The van der Waals surface area contributed by atoms with Crippen LogP contribution in [0.4, 0.5) is 18.0 Å². The highest BCUT2D eigenvalue weighted by Crippen LogP contribution is 2.52. The Kier molecular flexibility index (Phi) is 6.04. The lowest BCUT2D eigenvalue weighted by atomic mass is 9.72. The molecule has 30 heavy (non-hydrogen) atoms. The summed E-state index contributed by atoms with van der Waals surface area (Å²) >= 11 is 0. The SMILES string of the molecule is CC(C)(C)OC(=O)N1CC2(CCCC2NCc2ccccc2)C1OC(=O)C(F)(F)F. The average Bonchev–Trinajstić information content (AvgIpc) is 3.06. The standard InChI is InChI=1S/C21H27F3N2O4/c1-19(2,3)30-18(28)26-13-20(16(26)29-17(27)21(22,23)24)11-7-10-15(20)25-12-14-8-5-4-6-9-14/h4-6,8-9,15-16,25H,7,10-13H2,1-3H3. The summed E-state index contributed by atoms with van der Waals surface area (Å²) in [7, 11) is 0. The molecule has 166 valence electrons. The number of carbonyl (C=O) groups excluding carboxylic acids is 2. The summed E-state index contributed by atoms with van der Waals surface area (Å²) in [5.74, 6) is -2.30. The Balaban J connectivity index is 1.78. The van der Waals surface area contributed by atoms with Gasteiger partial charge in [-0.05, 0) is 39.2 Å². The maximum atomic E-state index is 12.9. The summed E-state index contributed by atoms with van der Waals surface area (Å²) in [5.41, 5.74) is -0.558. The van der Waals surface area contributed by atoms with E-state index in [1.807, 2.05) is 30.3 Å². The predicted molar refractivity (Wildman–Crippen MR) is 102 cm³/mol. The molecular weight excluding hydrogens is 401 g/mol. The van der Waals surface area contributed by atoms with Crippen molar-refractivity contribution in [3.63, 3.8) is 0 Å². The molecule has 1 saturated carbocycles. The van der Waals surface area contributed by atoms with E-state index in [1.165, 1.54) is 0 Å². The van der Waals surface area contributed by atoms with E-state index in [0.717, 1.165) is 23.3 Å². The molecule has 0 aromatic heterocycles. The molecule has 1 N–H and O–H groups in total. The maximum Gasteiger partial charge on any atom is 0.491 e. The molecule has 0 bridgehead atoms. The number of hydrogen-bond donors (Lipinski definition) is 1. The number of nitrogens with one attached hydrogen (secondary N) is 1. The topological polar surface area (TPSA) is 67.9 Å². The zero-order valence-corrected chi connectivity index (χ0v) is 17.3. The van der Waals surface area contributed by atoms with Gasteiger partial charge in [-0.1, -0.05) is 36.8 Å². The van der Waals surface area contributed by atoms with Gasteiger partial charge >= 0.3 is 18.2 Å². The fraction of sp³-hybridized carbons (Fsp3) is 0.619. The van der Waals surface area contributed by atoms with Gasteiger partial charge in [0.05, 0.1) is 5.41 Å². The number of ether oxygens (including phenoxy) is 2. The smallest absolute Gasteiger partial charge is 0.444 e. The Hall–Kier alpha value is -2.29. The van der Waals surface area contributed by atoms with Crippen LogP contribution in [-0.4, -0.2) is 47.6 Å². The Morgan fingerprint density at radius 2 is 1.87 bits per heavy atom. The van der Waals surface area contributed by atoms with Gasteiger partial charge in [0.1, 0.15) is 5.60 Å². The lowest BCUT2D eigenvalue weighted by Gasteiger charge is -2.56. The number of rotatable bonds is 4. The van der Waals surface area contributed by atoms with Crippen LogP contribution >= 0.6 is 0 Å². The molecule has 1 aromatic carbocycles. The zero-order chi connectivity index (χ0) is 22.2. The number of nitrogens with zero attached hydrogens (tertiary/aromatic N) is 1. The van der Waals surface area contributed by atoms with Crippen molar-refractivity contribution in [2.75, 3.05) is 6.54 Å². The third kappa shape index (κ3) is 4.71. The highest BCUT2D eigenvalue weighted by molar-refractivity contribution is 5.77. The minimum atomic E-state index is -5.14. The van der Waals surface area contributed by atoms with Crippen molar-refractivity contribution in [2.24, 2.45) is 5.41 Å². The van der Waals surface area contributed by atoms with E-state index in [4.69, 9.17) is 9.47 Å². The lowest BCUT2D eigenvalue weighted by molar-refractivity contribution is -0.248. The fourth-order valence-electron chi connectivity index (χ4n) is 4.23. The van der Waals surface area contributed by atoms with Crippen LogP contribution in [0.1, 0.15) is 45.6 Å². The number of likely N-dealkylation sites (tertiary alicyclic amines) is 1. The number of esters is 1. The molecule has 2 aliphatic rings. The normalized spacial score (nSPS) is 26.4. The van der Waals surface area contributed by atoms with Crippen LogP contribution in [-0.2, 0) is 20.8 Å². The largest absolute Gasteiger partial charge is 0.491 e. The van der Waals surface area contributed by atoms with Crippen molar-refractivity contribution in [3.8, 4) is 0 Å². The van der Waals surface area contributed by atoms with E-state index in [2.05, 4.69) is 5.32 Å². The van der Waals surface area contributed by atoms with Gasteiger partial charge in [-0.15, -0.1) is 0 Å². The molecule has 3 atom stereocenters. The molecule has 3 rings (SSSR count). The Labute approximate surface area is 173 Å². The number of alkyl halides is 3. The maximum absolute atomic E-state index is 12.9. The van der Waals surface area contributed by atoms with Gasteiger partial charge in [0, 0.05) is 19.1 Å². The van der Waals surface area contributed by atoms with Crippen LogP contribution < -0.4 is 5.32 Å². The van der Waals surface area contributed by atoms with E-state index in [1.54, 1.807) is 20.8 Å². The van der Waals surface area contributed by atoms with Gasteiger partial charge in [-0.25, -0.2) is 9.59 Å². The van der Waals surface area contributed by atoms with Crippen LogP contribution in [0.5, 0.6) is 0 Å². The van der Waals surface area contributed by atoms with Crippen molar-refractivity contribution in [3.05, 3.63) is 35.9 Å². The van der Waals surface area contributed by atoms with E-state index in [9.17, 15) is 22.8 Å². The van der Waals surface area contributed by atoms with Crippen LogP contribution in [0.2, 0.25) is 0 Å². The third-order valence-electron chi connectivity index (χ3n) is 5.54. The Morgan fingerprint density at radius 3 is 2.47 bits per heavy atom. The van der Waals surface area contributed by atoms with E-state index in [0.29, 0.717) is 13.0 Å². The fourth-order valence-corrected chi connectivity index (χ4v) is 4.23. The van der Waals surface area contributed by atoms with Crippen LogP contribution in [0.25, 0.3) is 0 Å². The van der Waals surface area contributed by atoms with Gasteiger partial charge in [-0.3, -0.25) is 4.90 Å². The molecule has 1 aliphatic heterocycles. The third-order valence-corrected chi connectivity index (χ3v) is 5.54. The van der Waals surface area contributed by atoms with Gasteiger partial charge in [0.25, 0.3) is 0 Å². The quantitative estimate of drug-likeness (QED) is 0.735. The van der Waals surface area contributed by atoms with Gasteiger partial charge < -0.3 is 14.8 Å². The first-order valence-corrected chi connectivity index (χ1v) is 9.97. The summed E-state index contributed by atoms with van der Waals surface area (Å²) < 4.78 is 48.8. The molecular formula is C21H27F3N2O4. The minimum absolute atomic E-state index is 0.171. The highest BCUT2D eigenvalue weighted by Gasteiger charge is 2.64. The monoisotopic (exact) mass is 428 g/mol. The second kappa shape index (κ2) is 8.09. The molecule has 9 heteroatoms. The Morgan fingerprint density at radius 1 is 1.20 bits per heavy atom. The van der Waals surface area contributed by atoms with Crippen LogP contribution in [0.15, 0.2) is 30.3 Å². The van der Waals surface area contributed by atoms with Crippen molar-refractivity contribution < 1.29 is 32.2 Å². The molecule has 2 fully saturated rings. The molecule has 1 aromatic rings. The molecule has 6 nitrogen and oxygen atoms in total. The van der Waals surface area contributed by atoms with Crippen LogP contribution in [0.3, 0.4) is 0 Å². The summed E-state index contributed by atoms with van der Waals surface area (Å²) in [6, 6.07) is 9.42. The van der Waals surface area contributed by atoms with Gasteiger partial charge in [0.15, 0.2) is 6.23 Å². The minimum Gasteiger partial charge on any atom is -0.444 e. The summed E-state index contributed by atoms with van der Waals surface area (Å²) in [4.78, 5) is 25.2. The molecule has 0 radical (unpaired) electrons. The molecule has 1 aliphatic carbocycles. The summed E-state index contributed by atoms with van der Waals surface area (Å²) in [6.07, 6.45) is -5.22. The number of amides is 1. The number of carbonyl (C=O) groups is 2. The molecule has 1 spiro atoms. The number of halogens is 3. The van der Waals surface area contributed by atoms with Gasteiger partial charge in [-0.2, -0.15) is 13.2 Å². The average molecular weight is 428 g/mol. The van der Waals surface area contributed by atoms with Crippen LogP contribution in [0, 0.1) is 5.41 Å². The summed E-state index contributed by atoms with van der Waals surface area (Å²) in [6.45, 7) is 5.69. The zero-order valence-electron chi connectivity index (χ0n) is 17.3. The van der Waals surface area contributed by atoms with Crippen molar-refractivity contribution in [1.29, 1.82) is 0 Å². The molecule has 1 amide bonds. The van der Waals surface area contributed by atoms with Crippen molar-refractivity contribution in [2.45, 2.75) is 70.6 Å². The highest BCUT2D eigenvalue weighted by atomic mass is 19.4.